The maximum Gasteiger partial charge on any atom is 0.0558 e. The standard InChI is InChI=1S/C11H26N2O/c1-4-5-6-13(7-8-14)10-11(2,3)9-12/h14H,4-10,12H2,1-3H3. The van der Waals surface area contributed by atoms with Gasteiger partial charge in [0.1, 0.15) is 0 Å². The molecule has 14 heavy (non-hydrogen) atoms. The highest BCUT2D eigenvalue weighted by molar-refractivity contribution is 4.74. The van der Waals surface area contributed by atoms with Crippen molar-refractivity contribution in [3.8, 4) is 0 Å². The molecule has 0 heterocycles. The van der Waals surface area contributed by atoms with Crippen molar-refractivity contribution < 1.29 is 5.11 Å². The molecule has 0 unspecified atom stereocenters. The van der Waals surface area contributed by atoms with Crippen LogP contribution < -0.4 is 5.73 Å². The van der Waals surface area contributed by atoms with Crippen molar-refractivity contribution in [2.75, 3.05) is 32.8 Å². The van der Waals surface area contributed by atoms with Crippen LogP contribution in [0.4, 0.5) is 0 Å². The van der Waals surface area contributed by atoms with Gasteiger partial charge in [0.05, 0.1) is 6.61 Å². The Morgan fingerprint density at radius 2 is 1.93 bits per heavy atom. The van der Waals surface area contributed by atoms with Crippen molar-refractivity contribution >= 4 is 0 Å². The summed E-state index contributed by atoms with van der Waals surface area (Å²) in [6.45, 7) is 10.3. The predicted octanol–water partition coefficient (Wildman–Crippen LogP) is 1.07. The first-order valence-corrected chi connectivity index (χ1v) is 5.59. The summed E-state index contributed by atoms with van der Waals surface area (Å²) < 4.78 is 0. The zero-order valence-corrected chi connectivity index (χ0v) is 9.92. The fraction of sp³-hybridized carbons (Fsp3) is 1.00. The van der Waals surface area contributed by atoms with Crippen molar-refractivity contribution in [1.82, 2.24) is 4.90 Å². The SMILES string of the molecule is CCCCN(CCO)CC(C)(C)CN. The van der Waals surface area contributed by atoms with Gasteiger partial charge >= 0.3 is 0 Å². The quantitative estimate of drug-likeness (QED) is 0.619. The minimum atomic E-state index is 0.156. The van der Waals surface area contributed by atoms with Crippen molar-refractivity contribution in [1.29, 1.82) is 0 Å². The zero-order chi connectivity index (χ0) is 11.0. The normalized spacial score (nSPS) is 12.4. The summed E-state index contributed by atoms with van der Waals surface area (Å²) in [4.78, 5) is 2.30. The molecule has 3 N–H and O–H groups in total. The maximum atomic E-state index is 8.93. The Balaban J connectivity index is 3.94. The van der Waals surface area contributed by atoms with Crippen LogP contribution in [0, 0.1) is 5.41 Å². The van der Waals surface area contributed by atoms with E-state index in [-0.39, 0.29) is 12.0 Å². The van der Waals surface area contributed by atoms with Crippen LogP contribution in [0.3, 0.4) is 0 Å². The van der Waals surface area contributed by atoms with Gasteiger partial charge in [0.15, 0.2) is 0 Å². The zero-order valence-electron chi connectivity index (χ0n) is 9.92. The van der Waals surface area contributed by atoms with Crippen LogP contribution in [-0.2, 0) is 0 Å². The van der Waals surface area contributed by atoms with E-state index in [0.717, 1.165) is 19.6 Å². The lowest BCUT2D eigenvalue weighted by Crippen LogP contribution is -2.40. The van der Waals surface area contributed by atoms with Gasteiger partial charge in [-0.2, -0.15) is 0 Å². The molecule has 0 amide bonds. The van der Waals surface area contributed by atoms with E-state index in [9.17, 15) is 0 Å². The Hall–Kier alpha value is -0.120. The Kier molecular flexibility index (Phi) is 7.15. The second-order valence-corrected chi connectivity index (χ2v) is 4.72. The lowest BCUT2D eigenvalue weighted by molar-refractivity contribution is 0.145. The van der Waals surface area contributed by atoms with Gasteiger partial charge < -0.3 is 15.7 Å². The van der Waals surface area contributed by atoms with Crippen LogP contribution in [0.25, 0.3) is 0 Å². The van der Waals surface area contributed by atoms with E-state index in [1.807, 2.05) is 0 Å². The second-order valence-electron chi connectivity index (χ2n) is 4.72. The number of nitrogens with zero attached hydrogens (tertiary/aromatic N) is 1. The van der Waals surface area contributed by atoms with Crippen molar-refractivity contribution in [2.24, 2.45) is 11.1 Å². The fourth-order valence-corrected chi connectivity index (χ4v) is 1.46. The summed E-state index contributed by atoms with van der Waals surface area (Å²) in [6, 6.07) is 0. The number of aliphatic hydroxyl groups is 1. The molecular weight excluding hydrogens is 176 g/mol. The van der Waals surface area contributed by atoms with E-state index < -0.39 is 0 Å². The molecule has 0 saturated carbocycles. The van der Waals surface area contributed by atoms with E-state index in [4.69, 9.17) is 10.8 Å². The molecule has 0 fully saturated rings. The Morgan fingerprint density at radius 3 is 2.36 bits per heavy atom. The molecule has 0 aromatic rings. The monoisotopic (exact) mass is 202 g/mol. The molecule has 86 valence electrons. The smallest absolute Gasteiger partial charge is 0.0558 e. The van der Waals surface area contributed by atoms with E-state index in [0.29, 0.717) is 6.54 Å². The number of nitrogens with two attached hydrogens (primary N) is 1. The summed E-state index contributed by atoms with van der Waals surface area (Å²) >= 11 is 0. The number of hydrogen-bond donors (Lipinski definition) is 2. The molecule has 0 aliphatic heterocycles. The van der Waals surface area contributed by atoms with Gasteiger partial charge in [0.2, 0.25) is 0 Å². The summed E-state index contributed by atoms with van der Waals surface area (Å²) in [7, 11) is 0. The molecule has 0 aromatic heterocycles. The molecule has 3 nitrogen and oxygen atoms in total. The first-order chi connectivity index (χ1) is 6.55. The van der Waals surface area contributed by atoms with Crippen LogP contribution in [-0.4, -0.2) is 42.8 Å². The summed E-state index contributed by atoms with van der Waals surface area (Å²) in [5, 5.41) is 8.93. The molecular formula is C11H26N2O. The highest BCUT2D eigenvalue weighted by Crippen LogP contribution is 2.14. The van der Waals surface area contributed by atoms with Gasteiger partial charge in [-0.3, -0.25) is 0 Å². The average Bonchev–Trinajstić information content (AvgIpc) is 2.14. The lowest BCUT2D eigenvalue weighted by Gasteiger charge is -2.31. The van der Waals surface area contributed by atoms with E-state index in [2.05, 4.69) is 25.7 Å². The third-order valence-corrected chi connectivity index (χ3v) is 2.45. The lowest BCUT2D eigenvalue weighted by atomic mass is 9.93. The van der Waals surface area contributed by atoms with E-state index in [1.165, 1.54) is 12.8 Å². The van der Waals surface area contributed by atoms with Gasteiger partial charge in [-0.25, -0.2) is 0 Å². The third kappa shape index (κ3) is 6.35. The predicted molar refractivity (Wildman–Crippen MR) is 61.3 cm³/mol. The first-order valence-electron chi connectivity index (χ1n) is 5.59. The molecule has 0 aliphatic rings. The minimum absolute atomic E-state index is 0.156. The Morgan fingerprint density at radius 1 is 1.29 bits per heavy atom. The Bertz CT molecular complexity index is 137. The summed E-state index contributed by atoms with van der Waals surface area (Å²) in [5.41, 5.74) is 5.85. The van der Waals surface area contributed by atoms with Gasteiger partial charge in [-0.1, -0.05) is 27.2 Å². The molecule has 0 radical (unpaired) electrons. The molecule has 0 bridgehead atoms. The average molecular weight is 202 g/mol. The molecule has 0 aliphatic carbocycles. The van der Waals surface area contributed by atoms with Gasteiger partial charge in [-0.15, -0.1) is 0 Å². The van der Waals surface area contributed by atoms with Crippen LogP contribution in [0.2, 0.25) is 0 Å². The molecule has 0 rings (SSSR count). The number of unbranched alkanes of at least 4 members (excludes halogenated alkanes) is 1. The van der Waals surface area contributed by atoms with Crippen LogP contribution in [0.1, 0.15) is 33.6 Å². The van der Waals surface area contributed by atoms with Crippen LogP contribution in [0.5, 0.6) is 0 Å². The van der Waals surface area contributed by atoms with Crippen molar-refractivity contribution in [3.05, 3.63) is 0 Å². The second kappa shape index (κ2) is 7.21. The van der Waals surface area contributed by atoms with Crippen LogP contribution in [0.15, 0.2) is 0 Å². The Labute approximate surface area is 88.3 Å². The highest BCUT2D eigenvalue weighted by atomic mass is 16.3. The van der Waals surface area contributed by atoms with Gasteiger partial charge in [0.25, 0.3) is 0 Å². The molecule has 0 aromatic carbocycles. The number of aliphatic hydroxyl groups excluding tert-OH is 1. The molecule has 3 heteroatoms. The topological polar surface area (TPSA) is 49.5 Å². The van der Waals surface area contributed by atoms with E-state index in [1.54, 1.807) is 0 Å². The maximum absolute atomic E-state index is 8.93. The number of hydrogen-bond acceptors (Lipinski definition) is 3. The molecule has 0 atom stereocenters. The van der Waals surface area contributed by atoms with E-state index >= 15 is 0 Å². The fourth-order valence-electron chi connectivity index (χ4n) is 1.46. The first kappa shape index (κ1) is 13.9. The van der Waals surface area contributed by atoms with Gasteiger partial charge in [-0.05, 0) is 24.9 Å². The highest BCUT2D eigenvalue weighted by Gasteiger charge is 2.19. The van der Waals surface area contributed by atoms with Gasteiger partial charge in [0, 0.05) is 13.1 Å². The largest absolute Gasteiger partial charge is 0.395 e. The summed E-state index contributed by atoms with van der Waals surface area (Å²) in [5.74, 6) is 0. The van der Waals surface area contributed by atoms with Crippen molar-refractivity contribution in [2.45, 2.75) is 33.6 Å². The minimum Gasteiger partial charge on any atom is -0.395 e. The molecule has 0 spiro atoms. The van der Waals surface area contributed by atoms with Crippen LogP contribution >= 0.6 is 0 Å². The summed E-state index contributed by atoms with van der Waals surface area (Å²) in [6.07, 6.45) is 2.39. The van der Waals surface area contributed by atoms with Crippen molar-refractivity contribution in [3.63, 3.8) is 0 Å². The molecule has 0 saturated heterocycles. The number of rotatable bonds is 8. The third-order valence-electron chi connectivity index (χ3n) is 2.45.